The van der Waals surface area contributed by atoms with E-state index in [-0.39, 0.29) is 24.7 Å². The Morgan fingerprint density at radius 3 is 2.50 bits per heavy atom. The van der Waals surface area contributed by atoms with Crippen LogP contribution in [0.2, 0.25) is 0 Å². The van der Waals surface area contributed by atoms with E-state index in [0.29, 0.717) is 5.56 Å². The van der Waals surface area contributed by atoms with Gasteiger partial charge in [0.05, 0.1) is 24.8 Å². The van der Waals surface area contributed by atoms with Crippen molar-refractivity contribution in [3.63, 3.8) is 0 Å². The van der Waals surface area contributed by atoms with Gasteiger partial charge in [-0.2, -0.15) is 5.26 Å². The summed E-state index contributed by atoms with van der Waals surface area (Å²) in [5, 5.41) is 29.5. The fraction of sp³-hybridized carbons (Fsp3) is 0.412. The Morgan fingerprint density at radius 1 is 1.41 bits per heavy atom. The summed E-state index contributed by atoms with van der Waals surface area (Å²) in [6.45, 7) is 3.78. The lowest BCUT2D eigenvalue weighted by molar-refractivity contribution is -0.180. The summed E-state index contributed by atoms with van der Waals surface area (Å²) in [5.41, 5.74) is -2.27. The molecule has 114 valence electrons. The van der Waals surface area contributed by atoms with Crippen LogP contribution < -0.4 is 0 Å². The molecule has 0 spiro atoms. The van der Waals surface area contributed by atoms with Crippen molar-refractivity contribution in [2.45, 2.75) is 19.4 Å². The number of nitrogens with zero attached hydrogens (tertiary/aromatic N) is 1. The van der Waals surface area contributed by atoms with E-state index in [0.717, 1.165) is 0 Å². The quantitative estimate of drug-likeness (QED) is 0.828. The van der Waals surface area contributed by atoms with E-state index < -0.39 is 17.0 Å². The van der Waals surface area contributed by atoms with Crippen LogP contribution in [0.1, 0.15) is 29.8 Å². The Kier molecular flexibility index (Phi) is 4.23. The molecule has 1 heterocycles. The van der Waals surface area contributed by atoms with E-state index in [2.05, 4.69) is 17.9 Å². The highest BCUT2D eigenvalue weighted by atomic mass is 16.5. The molecule has 5 heteroatoms. The fourth-order valence-corrected chi connectivity index (χ4v) is 2.43. The van der Waals surface area contributed by atoms with Crippen LogP contribution in [0.3, 0.4) is 0 Å². The molecule has 1 fully saturated rings. The molecule has 0 amide bonds. The number of aliphatic hydroxyl groups is 1. The lowest BCUT2D eigenvalue weighted by Crippen LogP contribution is -2.61. The first-order valence-corrected chi connectivity index (χ1v) is 6.93. The minimum atomic E-state index is -1.56. The van der Waals surface area contributed by atoms with Crippen molar-refractivity contribution in [3.05, 3.63) is 35.4 Å². The summed E-state index contributed by atoms with van der Waals surface area (Å²) in [6, 6.07) is 8.43. The van der Waals surface area contributed by atoms with Crippen molar-refractivity contribution in [1.82, 2.24) is 0 Å². The number of benzene rings is 1. The number of nitriles is 1. The fourth-order valence-electron chi connectivity index (χ4n) is 2.43. The molecule has 1 aromatic carbocycles. The van der Waals surface area contributed by atoms with Gasteiger partial charge < -0.3 is 14.9 Å². The molecule has 2 N–H and O–H groups in total. The second kappa shape index (κ2) is 5.81. The zero-order chi connectivity index (χ0) is 16.4. The summed E-state index contributed by atoms with van der Waals surface area (Å²) < 4.78 is 5.10. The van der Waals surface area contributed by atoms with Crippen LogP contribution in [0.25, 0.3) is 0 Å². The molecule has 0 bridgehead atoms. The third-order valence-electron chi connectivity index (χ3n) is 4.02. The van der Waals surface area contributed by atoms with Gasteiger partial charge in [-0.15, -0.1) is 0 Å². The summed E-state index contributed by atoms with van der Waals surface area (Å²) >= 11 is 0. The van der Waals surface area contributed by atoms with Crippen LogP contribution in [0.5, 0.6) is 0 Å². The molecule has 1 saturated heterocycles. The first kappa shape index (κ1) is 16.0. The molecular formula is C17H17NO4. The van der Waals surface area contributed by atoms with E-state index in [1.807, 2.05) is 0 Å². The number of rotatable bonds is 3. The molecule has 1 aliphatic heterocycles. The van der Waals surface area contributed by atoms with Crippen molar-refractivity contribution in [3.8, 4) is 17.9 Å². The Balaban J connectivity index is 2.48. The molecule has 0 unspecified atom stereocenters. The topological polar surface area (TPSA) is 90.5 Å². The van der Waals surface area contributed by atoms with E-state index >= 15 is 0 Å². The molecule has 0 saturated carbocycles. The first-order chi connectivity index (χ1) is 10.4. The van der Waals surface area contributed by atoms with Crippen LogP contribution in [-0.4, -0.2) is 35.0 Å². The number of carbonyl (C=O) groups is 1. The van der Waals surface area contributed by atoms with E-state index in [1.54, 1.807) is 32.0 Å². The SMILES string of the molecule is CC(C)[C@](O)(C#Cc1ccccc1C(=O)O)C1(C#N)COC1. The summed E-state index contributed by atoms with van der Waals surface area (Å²) in [5.74, 6) is 4.09. The molecule has 0 aliphatic carbocycles. The zero-order valence-corrected chi connectivity index (χ0v) is 12.5. The van der Waals surface area contributed by atoms with Gasteiger partial charge in [0.25, 0.3) is 0 Å². The van der Waals surface area contributed by atoms with Gasteiger partial charge in [-0.25, -0.2) is 4.79 Å². The Bertz CT molecular complexity index is 689. The smallest absolute Gasteiger partial charge is 0.336 e. The molecule has 1 atom stereocenters. The zero-order valence-electron chi connectivity index (χ0n) is 12.5. The van der Waals surface area contributed by atoms with Crippen LogP contribution in [-0.2, 0) is 4.74 Å². The second-order valence-corrected chi connectivity index (χ2v) is 5.71. The third-order valence-corrected chi connectivity index (χ3v) is 4.02. The maximum atomic E-state index is 11.2. The van der Waals surface area contributed by atoms with Crippen molar-refractivity contribution < 1.29 is 19.7 Å². The largest absolute Gasteiger partial charge is 0.478 e. The lowest BCUT2D eigenvalue weighted by atomic mass is 9.66. The van der Waals surface area contributed by atoms with Gasteiger partial charge in [-0.1, -0.05) is 37.8 Å². The van der Waals surface area contributed by atoms with Crippen LogP contribution in [0.4, 0.5) is 0 Å². The average molecular weight is 299 g/mol. The van der Waals surface area contributed by atoms with Gasteiger partial charge in [0.2, 0.25) is 0 Å². The van der Waals surface area contributed by atoms with Crippen molar-refractivity contribution in [1.29, 1.82) is 5.26 Å². The van der Waals surface area contributed by atoms with E-state index in [1.165, 1.54) is 6.07 Å². The van der Waals surface area contributed by atoms with Gasteiger partial charge in [-0.3, -0.25) is 0 Å². The lowest BCUT2D eigenvalue weighted by Gasteiger charge is -2.47. The number of carboxylic acids is 1. The van der Waals surface area contributed by atoms with Crippen LogP contribution >= 0.6 is 0 Å². The summed E-state index contributed by atoms with van der Waals surface area (Å²) in [6.07, 6.45) is 0. The Labute approximate surface area is 129 Å². The van der Waals surface area contributed by atoms with E-state index in [9.17, 15) is 15.2 Å². The van der Waals surface area contributed by atoms with Gasteiger partial charge in [0.15, 0.2) is 5.60 Å². The predicted octanol–water partition coefficient (Wildman–Crippen LogP) is 1.66. The normalized spacial score (nSPS) is 18.3. The molecule has 1 aliphatic rings. The Morgan fingerprint density at radius 2 is 2.05 bits per heavy atom. The van der Waals surface area contributed by atoms with Gasteiger partial charge in [0.1, 0.15) is 5.41 Å². The van der Waals surface area contributed by atoms with Crippen LogP contribution in [0, 0.1) is 34.5 Å². The highest BCUT2D eigenvalue weighted by Crippen LogP contribution is 2.42. The molecule has 2 rings (SSSR count). The monoisotopic (exact) mass is 299 g/mol. The average Bonchev–Trinajstić information content (AvgIpc) is 2.44. The molecule has 22 heavy (non-hydrogen) atoms. The highest BCUT2D eigenvalue weighted by molar-refractivity contribution is 5.90. The number of aromatic carboxylic acids is 1. The third kappa shape index (κ3) is 2.46. The highest BCUT2D eigenvalue weighted by Gasteiger charge is 2.57. The maximum absolute atomic E-state index is 11.2. The van der Waals surface area contributed by atoms with E-state index in [4.69, 9.17) is 9.84 Å². The predicted molar refractivity (Wildman–Crippen MR) is 78.9 cm³/mol. The standard InChI is InChI=1S/C17H17NO4/c1-12(2)17(21,16(9-18)10-22-11-16)8-7-13-5-3-4-6-14(13)15(19)20/h3-6,12,21H,10-11H2,1-2H3,(H,19,20)/t17-/m1/s1. The van der Waals surface area contributed by atoms with Gasteiger partial charge >= 0.3 is 5.97 Å². The molecule has 0 aromatic heterocycles. The van der Waals surface area contributed by atoms with Crippen molar-refractivity contribution >= 4 is 5.97 Å². The van der Waals surface area contributed by atoms with Crippen molar-refractivity contribution in [2.24, 2.45) is 11.3 Å². The number of carboxylic acid groups (broad SMARTS) is 1. The molecule has 0 radical (unpaired) electrons. The van der Waals surface area contributed by atoms with Crippen molar-refractivity contribution in [2.75, 3.05) is 13.2 Å². The van der Waals surface area contributed by atoms with Crippen LogP contribution in [0.15, 0.2) is 24.3 Å². The molecular weight excluding hydrogens is 282 g/mol. The first-order valence-electron chi connectivity index (χ1n) is 6.93. The number of ether oxygens (including phenoxy) is 1. The molecule has 5 nitrogen and oxygen atoms in total. The summed E-state index contributed by atoms with van der Waals surface area (Å²) in [4.78, 5) is 11.2. The number of hydrogen-bond donors (Lipinski definition) is 2. The molecule has 1 aromatic rings. The maximum Gasteiger partial charge on any atom is 0.336 e. The minimum Gasteiger partial charge on any atom is -0.478 e. The Hall–Kier alpha value is -2.34. The number of hydrogen-bond acceptors (Lipinski definition) is 4. The minimum absolute atomic E-state index is 0.0666. The summed E-state index contributed by atoms with van der Waals surface area (Å²) in [7, 11) is 0. The van der Waals surface area contributed by atoms with Gasteiger partial charge in [0, 0.05) is 5.56 Å². The van der Waals surface area contributed by atoms with Gasteiger partial charge in [-0.05, 0) is 18.1 Å². The second-order valence-electron chi connectivity index (χ2n) is 5.71.